The van der Waals surface area contributed by atoms with Crippen LogP contribution in [-0.2, 0) is 0 Å². The van der Waals surface area contributed by atoms with Gasteiger partial charge in [-0.2, -0.15) is 0 Å². The molecule has 0 aliphatic heterocycles. The second kappa shape index (κ2) is 4.35. The Morgan fingerprint density at radius 3 is 2.50 bits per heavy atom. The van der Waals surface area contributed by atoms with Gasteiger partial charge >= 0.3 is 29.6 Å². The molecule has 0 saturated heterocycles. The maximum atomic E-state index is 3.74. The first-order chi connectivity index (χ1) is 5.47. The summed E-state index contributed by atoms with van der Waals surface area (Å²) in [5, 5.41) is 10.8. The van der Waals surface area contributed by atoms with Gasteiger partial charge in [-0.25, -0.2) is 4.68 Å². The summed E-state index contributed by atoms with van der Waals surface area (Å²) in [6.07, 6.45) is 1.56. The maximum Gasteiger partial charge on any atom is 1.00 e. The van der Waals surface area contributed by atoms with Crippen molar-refractivity contribution >= 4 is 0 Å². The fourth-order valence-electron chi connectivity index (χ4n) is 0.860. The van der Waals surface area contributed by atoms with E-state index in [0.717, 1.165) is 5.69 Å². The summed E-state index contributed by atoms with van der Waals surface area (Å²) < 4.78 is 1.61. The van der Waals surface area contributed by atoms with Gasteiger partial charge in [-0.3, -0.25) is 0 Å². The van der Waals surface area contributed by atoms with E-state index in [1.165, 1.54) is 0 Å². The van der Waals surface area contributed by atoms with Gasteiger partial charge in [0, 0.05) is 0 Å². The van der Waals surface area contributed by atoms with Crippen molar-refractivity contribution in [2.45, 2.75) is 0 Å². The third-order valence-electron chi connectivity index (χ3n) is 1.37. The fourth-order valence-corrected chi connectivity index (χ4v) is 0.860. The van der Waals surface area contributed by atoms with Gasteiger partial charge in [-0.05, 0) is 22.6 Å². The molecule has 0 aliphatic rings. The smallest absolute Gasteiger partial charge is 1.00 e. The van der Waals surface area contributed by atoms with E-state index in [1.807, 2.05) is 30.3 Å². The van der Waals surface area contributed by atoms with E-state index in [4.69, 9.17) is 0 Å². The van der Waals surface area contributed by atoms with Gasteiger partial charge in [0.15, 0.2) is 0 Å². The zero-order valence-corrected chi connectivity index (χ0v) is 8.75. The number of aromatic nitrogens is 4. The molecule has 0 N–H and O–H groups in total. The SMILES string of the molecule is [H-].[Na+].c1ccc(-n2cnnn2)cc1. The van der Waals surface area contributed by atoms with Crippen molar-refractivity contribution in [3.8, 4) is 5.69 Å². The summed E-state index contributed by atoms with van der Waals surface area (Å²) >= 11 is 0. The Morgan fingerprint density at radius 1 is 1.17 bits per heavy atom. The van der Waals surface area contributed by atoms with E-state index in [0.29, 0.717) is 0 Å². The van der Waals surface area contributed by atoms with Crippen LogP contribution >= 0.6 is 0 Å². The van der Waals surface area contributed by atoms with Gasteiger partial charge < -0.3 is 1.43 Å². The summed E-state index contributed by atoms with van der Waals surface area (Å²) in [6, 6.07) is 9.72. The summed E-state index contributed by atoms with van der Waals surface area (Å²) in [5.41, 5.74) is 0.970. The summed E-state index contributed by atoms with van der Waals surface area (Å²) in [4.78, 5) is 0. The predicted molar refractivity (Wildman–Crippen MR) is 40.3 cm³/mol. The number of nitrogens with zero attached hydrogens (tertiary/aromatic N) is 4. The Labute approximate surface area is 93.4 Å². The van der Waals surface area contributed by atoms with Crippen molar-refractivity contribution in [3.63, 3.8) is 0 Å². The Bertz CT molecular complexity index is 323. The van der Waals surface area contributed by atoms with Crippen molar-refractivity contribution in [1.82, 2.24) is 20.2 Å². The molecule has 0 atom stereocenters. The van der Waals surface area contributed by atoms with E-state index in [1.54, 1.807) is 11.0 Å². The molecule has 1 heterocycles. The Balaban J connectivity index is 0.000000720. The first-order valence-corrected chi connectivity index (χ1v) is 3.25. The first-order valence-electron chi connectivity index (χ1n) is 3.25. The number of hydrogen-bond donors (Lipinski definition) is 0. The molecule has 0 amide bonds. The Morgan fingerprint density at radius 2 is 1.92 bits per heavy atom. The predicted octanol–water partition coefficient (Wildman–Crippen LogP) is -2.22. The molecular weight excluding hydrogens is 163 g/mol. The van der Waals surface area contributed by atoms with Crippen LogP contribution in [0.25, 0.3) is 5.69 Å². The monoisotopic (exact) mass is 170 g/mol. The summed E-state index contributed by atoms with van der Waals surface area (Å²) in [6.45, 7) is 0. The topological polar surface area (TPSA) is 43.6 Å². The molecule has 1 aromatic carbocycles. The molecule has 2 aromatic rings. The standard InChI is InChI=1S/C7H6N4.Na.H/c1-2-4-7(5-3-1)11-6-8-9-10-11;;/h1-6H;;/q;+1;-1. The number of para-hydroxylation sites is 1. The van der Waals surface area contributed by atoms with Gasteiger partial charge in [0.05, 0.1) is 5.69 Å². The van der Waals surface area contributed by atoms with Gasteiger partial charge in [0.2, 0.25) is 0 Å². The molecule has 0 unspecified atom stereocenters. The largest absolute Gasteiger partial charge is 1.00 e. The summed E-state index contributed by atoms with van der Waals surface area (Å²) in [7, 11) is 0. The molecular formula is C7H7N4Na. The van der Waals surface area contributed by atoms with Gasteiger partial charge in [-0.15, -0.1) is 5.10 Å². The third-order valence-corrected chi connectivity index (χ3v) is 1.37. The van der Waals surface area contributed by atoms with Crippen LogP contribution in [0.2, 0.25) is 0 Å². The zero-order valence-electron chi connectivity index (χ0n) is 7.75. The van der Waals surface area contributed by atoms with Crippen molar-refractivity contribution in [2.24, 2.45) is 0 Å². The van der Waals surface area contributed by atoms with E-state index >= 15 is 0 Å². The first kappa shape index (κ1) is 9.38. The van der Waals surface area contributed by atoms with Crippen LogP contribution < -0.4 is 29.6 Å². The van der Waals surface area contributed by atoms with Gasteiger partial charge in [-0.1, -0.05) is 18.2 Å². The van der Waals surface area contributed by atoms with Gasteiger partial charge in [0.25, 0.3) is 0 Å². The number of benzene rings is 1. The normalized spacial score (nSPS) is 9.00. The van der Waals surface area contributed by atoms with Crippen LogP contribution in [0.1, 0.15) is 1.43 Å². The molecule has 0 fully saturated rings. The van der Waals surface area contributed by atoms with Crippen molar-refractivity contribution < 1.29 is 31.0 Å². The number of hydrogen-bond acceptors (Lipinski definition) is 3. The van der Waals surface area contributed by atoms with Crippen LogP contribution in [0, 0.1) is 0 Å². The van der Waals surface area contributed by atoms with Crippen molar-refractivity contribution in [2.75, 3.05) is 0 Å². The second-order valence-electron chi connectivity index (χ2n) is 2.09. The van der Waals surface area contributed by atoms with E-state index in [9.17, 15) is 0 Å². The van der Waals surface area contributed by atoms with E-state index in [2.05, 4.69) is 15.5 Å². The minimum atomic E-state index is 0. The molecule has 0 saturated carbocycles. The summed E-state index contributed by atoms with van der Waals surface area (Å²) in [5.74, 6) is 0. The van der Waals surface area contributed by atoms with Gasteiger partial charge in [0.1, 0.15) is 6.33 Å². The quantitative estimate of drug-likeness (QED) is 0.455. The molecule has 5 heteroatoms. The molecule has 56 valence electrons. The average molecular weight is 170 g/mol. The van der Waals surface area contributed by atoms with E-state index in [-0.39, 0.29) is 31.0 Å². The molecule has 0 spiro atoms. The molecule has 0 aliphatic carbocycles. The average Bonchev–Trinajstić information content (AvgIpc) is 2.58. The molecule has 12 heavy (non-hydrogen) atoms. The molecule has 1 aromatic heterocycles. The molecule has 0 radical (unpaired) electrons. The maximum absolute atomic E-state index is 3.74. The zero-order chi connectivity index (χ0) is 7.52. The van der Waals surface area contributed by atoms with Crippen molar-refractivity contribution in [3.05, 3.63) is 36.7 Å². The van der Waals surface area contributed by atoms with Crippen LogP contribution in [0.5, 0.6) is 0 Å². The fraction of sp³-hybridized carbons (Fsp3) is 0. The van der Waals surface area contributed by atoms with Crippen molar-refractivity contribution in [1.29, 1.82) is 0 Å². The van der Waals surface area contributed by atoms with Crippen LogP contribution in [0.4, 0.5) is 0 Å². The minimum Gasteiger partial charge on any atom is -1.00 e. The number of tetrazole rings is 1. The van der Waals surface area contributed by atoms with Crippen LogP contribution in [0.15, 0.2) is 36.7 Å². The third kappa shape index (κ3) is 1.91. The van der Waals surface area contributed by atoms with Crippen LogP contribution in [0.3, 0.4) is 0 Å². The van der Waals surface area contributed by atoms with E-state index < -0.39 is 0 Å². The Kier molecular flexibility index (Phi) is 3.40. The molecule has 4 nitrogen and oxygen atoms in total. The number of rotatable bonds is 1. The minimum absolute atomic E-state index is 0. The second-order valence-corrected chi connectivity index (χ2v) is 2.09. The van der Waals surface area contributed by atoms with Crippen LogP contribution in [-0.4, -0.2) is 20.2 Å². The molecule has 2 rings (SSSR count). The Hall–Kier alpha value is -0.710. The molecule has 0 bridgehead atoms.